The third-order valence-electron chi connectivity index (χ3n) is 3.98. The molecule has 0 saturated carbocycles. The third kappa shape index (κ3) is 3.34. The van der Waals surface area contributed by atoms with Crippen LogP contribution in [0.15, 0.2) is 36.4 Å². The summed E-state index contributed by atoms with van der Waals surface area (Å²) < 4.78 is 7.01. The van der Waals surface area contributed by atoms with E-state index in [0.717, 1.165) is 26.4 Å². The van der Waals surface area contributed by atoms with Gasteiger partial charge >= 0.3 is 0 Å². The molecule has 0 radical (unpaired) electrons. The second-order valence-electron chi connectivity index (χ2n) is 5.74. The van der Waals surface area contributed by atoms with Crippen molar-refractivity contribution in [1.82, 2.24) is 14.7 Å². The minimum Gasteiger partial charge on any atom is -0.383 e. The van der Waals surface area contributed by atoms with Gasteiger partial charge < -0.3 is 9.64 Å². The molecule has 0 aliphatic rings. The van der Waals surface area contributed by atoms with Crippen molar-refractivity contribution >= 4 is 27.5 Å². The van der Waals surface area contributed by atoms with E-state index in [1.165, 1.54) is 11.3 Å². The molecule has 0 N–H and O–H groups in total. The molecule has 126 valence electrons. The Morgan fingerprint density at radius 1 is 1.33 bits per heavy atom. The Labute approximate surface area is 145 Å². The molecule has 2 heterocycles. The van der Waals surface area contributed by atoms with E-state index in [2.05, 4.69) is 5.10 Å². The van der Waals surface area contributed by atoms with E-state index in [1.54, 1.807) is 7.11 Å². The Hall–Kier alpha value is -2.18. The highest BCUT2D eigenvalue weighted by Crippen LogP contribution is 2.28. The highest BCUT2D eigenvalue weighted by Gasteiger charge is 2.20. The number of carbonyl (C=O) groups excluding carboxylic acids is 1. The number of amides is 1. The number of aromatic nitrogens is 2. The summed E-state index contributed by atoms with van der Waals surface area (Å²) in [6.45, 7) is 3.63. The van der Waals surface area contributed by atoms with Crippen LogP contribution in [0.4, 0.5) is 0 Å². The molecule has 1 amide bonds. The monoisotopic (exact) mass is 343 g/mol. The van der Waals surface area contributed by atoms with Crippen LogP contribution in [0, 0.1) is 6.92 Å². The number of methoxy groups -OCH3 is 1. The number of carbonyl (C=O) groups is 1. The van der Waals surface area contributed by atoms with E-state index in [0.29, 0.717) is 19.7 Å². The van der Waals surface area contributed by atoms with E-state index < -0.39 is 0 Å². The summed E-state index contributed by atoms with van der Waals surface area (Å²) in [7, 11) is 3.56. The zero-order valence-electron chi connectivity index (χ0n) is 14.2. The van der Waals surface area contributed by atoms with Crippen LogP contribution in [0.25, 0.3) is 10.2 Å². The Balaban J connectivity index is 1.87. The van der Waals surface area contributed by atoms with Gasteiger partial charge in [-0.2, -0.15) is 5.10 Å². The van der Waals surface area contributed by atoms with Crippen molar-refractivity contribution in [1.29, 1.82) is 0 Å². The number of hydrogen-bond acceptors (Lipinski definition) is 4. The first kappa shape index (κ1) is 16.7. The average Bonchev–Trinajstić information content (AvgIpc) is 3.14. The van der Waals surface area contributed by atoms with Crippen molar-refractivity contribution in [3.8, 4) is 0 Å². The lowest BCUT2D eigenvalue weighted by Gasteiger charge is -2.22. The number of ether oxygens (including phenoxy) is 1. The van der Waals surface area contributed by atoms with Crippen LogP contribution in [0.2, 0.25) is 0 Å². The minimum absolute atomic E-state index is 0.0384. The number of rotatable bonds is 6. The molecular weight excluding hydrogens is 322 g/mol. The molecule has 0 atom stereocenters. The lowest BCUT2D eigenvalue weighted by molar-refractivity contribution is 0.0685. The first-order valence-corrected chi connectivity index (χ1v) is 8.67. The van der Waals surface area contributed by atoms with Crippen molar-refractivity contribution in [2.24, 2.45) is 7.05 Å². The van der Waals surface area contributed by atoms with Crippen LogP contribution < -0.4 is 0 Å². The molecule has 24 heavy (non-hydrogen) atoms. The van der Waals surface area contributed by atoms with Crippen LogP contribution >= 0.6 is 11.3 Å². The van der Waals surface area contributed by atoms with Gasteiger partial charge in [0.25, 0.3) is 5.91 Å². The molecule has 0 bridgehead atoms. The maximum atomic E-state index is 13.0. The molecule has 0 saturated heterocycles. The Morgan fingerprint density at radius 3 is 2.75 bits per heavy atom. The summed E-state index contributed by atoms with van der Waals surface area (Å²) in [5.74, 6) is 0.0384. The Morgan fingerprint density at radius 2 is 2.08 bits per heavy atom. The van der Waals surface area contributed by atoms with Crippen molar-refractivity contribution in [2.45, 2.75) is 13.5 Å². The maximum absolute atomic E-state index is 13.0. The first-order chi connectivity index (χ1) is 11.6. The van der Waals surface area contributed by atoms with Crippen molar-refractivity contribution in [3.05, 3.63) is 52.5 Å². The van der Waals surface area contributed by atoms with E-state index in [4.69, 9.17) is 4.74 Å². The molecule has 5 nitrogen and oxygen atoms in total. The quantitative estimate of drug-likeness (QED) is 0.690. The van der Waals surface area contributed by atoms with Gasteiger partial charge in [-0.05, 0) is 18.6 Å². The highest BCUT2D eigenvalue weighted by molar-refractivity contribution is 7.20. The molecule has 0 fully saturated rings. The van der Waals surface area contributed by atoms with E-state index in [9.17, 15) is 4.79 Å². The minimum atomic E-state index is 0.0384. The molecule has 2 aromatic heterocycles. The van der Waals surface area contributed by atoms with Crippen molar-refractivity contribution in [2.75, 3.05) is 20.3 Å². The van der Waals surface area contributed by atoms with Gasteiger partial charge in [0, 0.05) is 32.6 Å². The van der Waals surface area contributed by atoms with Crippen molar-refractivity contribution < 1.29 is 9.53 Å². The lowest BCUT2D eigenvalue weighted by Crippen LogP contribution is -2.33. The maximum Gasteiger partial charge on any atom is 0.264 e. The van der Waals surface area contributed by atoms with Crippen molar-refractivity contribution in [3.63, 3.8) is 0 Å². The van der Waals surface area contributed by atoms with Crippen LogP contribution in [0.3, 0.4) is 0 Å². The summed E-state index contributed by atoms with van der Waals surface area (Å²) in [5.41, 5.74) is 2.07. The van der Waals surface area contributed by atoms with Gasteiger partial charge in [-0.15, -0.1) is 11.3 Å². The fourth-order valence-electron chi connectivity index (χ4n) is 2.72. The van der Waals surface area contributed by atoms with Gasteiger partial charge in [0.2, 0.25) is 0 Å². The number of benzene rings is 1. The fourth-order valence-corrected chi connectivity index (χ4v) is 3.82. The van der Waals surface area contributed by atoms with Gasteiger partial charge in [-0.3, -0.25) is 9.48 Å². The number of thiophene rings is 1. The number of nitrogens with zero attached hydrogens (tertiary/aromatic N) is 3. The second-order valence-corrected chi connectivity index (χ2v) is 6.77. The highest BCUT2D eigenvalue weighted by atomic mass is 32.1. The summed E-state index contributed by atoms with van der Waals surface area (Å²) in [6, 6.07) is 12.0. The van der Waals surface area contributed by atoms with E-state index >= 15 is 0 Å². The van der Waals surface area contributed by atoms with Gasteiger partial charge in [-0.1, -0.05) is 30.3 Å². The van der Waals surface area contributed by atoms with Gasteiger partial charge in [-0.25, -0.2) is 0 Å². The average molecular weight is 343 g/mol. The predicted octanol–water partition coefficient (Wildman–Crippen LogP) is 3.23. The van der Waals surface area contributed by atoms with E-state index in [-0.39, 0.29) is 5.91 Å². The van der Waals surface area contributed by atoms with E-state index in [1.807, 2.05) is 60.0 Å². The summed E-state index contributed by atoms with van der Waals surface area (Å²) in [4.78, 5) is 16.6. The normalized spacial score (nSPS) is 11.1. The number of hydrogen-bond donors (Lipinski definition) is 0. The topological polar surface area (TPSA) is 47.4 Å². The molecule has 0 aliphatic carbocycles. The molecule has 0 spiro atoms. The van der Waals surface area contributed by atoms with Crippen LogP contribution in [0.1, 0.15) is 20.9 Å². The Kier molecular flexibility index (Phi) is 4.97. The van der Waals surface area contributed by atoms with Crippen LogP contribution in [-0.2, 0) is 18.3 Å². The van der Waals surface area contributed by atoms with Gasteiger partial charge in [0.1, 0.15) is 4.83 Å². The fraction of sp³-hybridized carbons (Fsp3) is 0.333. The second kappa shape index (κ2) is 7.15. The largest absolute Gasteiger partial charge is 0.383 e. The molecule has 3 aromatic rings. The zero-order chi connectivity index (χ0) is 17.1. The lowest BCUT2D eigenvalue weighted by atomic mass is 10.2. The zero-order valence-corrected chi connectivity index (χ0v) is 15.0. The SMILES string of the molecule is COCCN(Cc1ccccc1)C(=O)c1cc2c(C)nn(C)c2s1. The predicted molar refractivity (Wildman–Crippen MR) is 96.4 cm³/mol. The van der Waals surface area contributed by atoms with Crippen LogP contribution in [0.5, 0.6) is 0 Å². The number of aryl methyl sites for hydroxylation is 2. The molecule has 3 rings (SSSR count). The summed E-state index contributed by atoms with van der Waals surface area (Å²) in [6.07, 6.45) is 0. The smallest absolute Gasteiger partial charge is 0.264 e. The Bertz CT molecular complexity index is 804. The molecule has 6 heteroatoms. The molecule has 1 aromatic carbocycles. The summed E-state index contributed by atoms with van der Waals surface area (Å²) >= 11 is 1.49. The standard InChI is InChI=1S/C18H21N3O2S/c1-13-15-11-16(24-18(15)20(2)19-13)17(22)21(9-10-23-3)12-14-7-5-4-6-8-14/h4-8,11H,9-10,12H2,1-3H3. The molecular formula is C18H21N3O2S. The third-order valence-corrected chi connectivity index (χ3v) is 5.17. The van der Waals surface area contributed by atoms with Crippen LogP contribution in [-0.4, -0.2) is 40.8 Å². The number of fused-ring (bicyclic) bond motifs is 1. The molecule has 0 unspecified atom stereocenters. The summed E-state index contributed by atoms with van der Waals surface area (Å²) in [5, 5.41) is 5.45. The van der Waals surface area contributed by atoms with Gasteiger partial charge in [0.15, 0.2) is 0 Å². The molecule has 0 aliphatic heterocycles. The first-order valence-electron chi connectivity index (χ1n) is 7.85. The van der Waals surface area contributed by atoms with Gasteiger partial charge in [0.05, 0.1) is 17.2 Å².